The molecule has 1 fully saturated rings. The van der Waals surface area contributed by atoms with Crippen molar-refractivity contribution < 1.29 is 0 Å². The maximum Gasteiger partial charge on any atom is 0.0963 e. The van der Waals surface area contributed by atoms with E-state index in [-0.39, 0.29) is 0 Å². The van der Waals surface area contributed by atoms with Crippen molar-refractivity contribution in [2.24, 2.45) is 16.3 Å². The molecular formula is C11H20N2. The summed E-state index contributed by atoms with van der Waals surface area (Å²) in [6, 6.07) is 0. The van der Waals surface area contributed by atoms with E-state index in [1.54, 1.807) is 0 Å². The van der Waals surface area contributed by atoms with Gasteiger partial charge in [0.1, 0.15) is 0 Å². The highest BCUT2D eigenvalue weighted by atomic mass is 15.0. The summed E-state index contributed by atoms with van der Waals surface area (Å²) in [5.74, 6) is 2.14. The molecule has 0 saturated heterocycles. The molecule has 0 aromatic carbocycles. The number of aliphatic imine (C=N–C) groups is 1. The molecule has 74 valence electrons. The third kappa shape index (κ3) is 2.23. The second-order valence-corrected chi connectivity index (χ2v) is 5.06. The Morgan fingerprint density at radius 1 is 1.46 bits per heavy atom. The van der Waals surface area contributed by atoms with Crippen LogP contribution in [0.15, 0.2) is 4.99 Å². The summed E-state index contributed by atoms with van der Waals surface area (Å²) in [6.07, 6.45) is 5.15. The normalized spacial score (nSPS) is 30.9. The van der Waals surface area contributed by atoms with E-state index < -0.39 is 0 Å². The zero-order valence-electron chi connectivity index (χ0n) is 8.77. The zero-order chi connectivity index (χ0) is 9.31. The number of nitrogens with zero attached hydrogens (tertiary/aromatic N) is 1. The zero-order valence-corrected chi connectivity index (χ0v) is 8.77. The van der Waals surface area contributed by atoms with E-state index in [2.05, 4.69) is 24.2 Å². The average Bonchev–Trinajstić information content (AvgIpc) is 2.73. The Labute approximate surface area is 80.8 Å². The molecule has 1 N–H and O–H groups in total. The summed E-state index contributed by atoms with van der Waals surface area (Å²) in [7, 11) is 0. The molecule has 0 spiro atoms. The molecular weight excluding hydrogens is 160 g/mol. The van der Waals surface area contributed by atoms with Crippen LogP contribution in [0.3, 0.4) is 0 Å². The summed E-state index contributed by atoms with van der Waals surface area (Å²) in [5.41, 5.74) is 0.599. The Kier molecular flexibility index (Phi) is 2.31. The molecule has 13 heavy (non-hydrogen) atoms. The molecule has 2 rings (SSSR count). The van der Waals surface area contributed by atoms with Crippen molar-refractivity contribution >= 4 is 5.84 Å². The van der Waals surface area contributed by atoms with E-state index >= 15 is 0 Å². The second-order valence-electron chi connectivity index (χ2n) is 5.06. The van der Waals surface area contributed by atoms with Gasteiger partial charge in [-0.1, -0.05) is 13.8 Å². The number of hydrogen-bond acceptors (Lipinski definition) is 2. The van der Waals surface area contributed by atoms with Crippen LogP contribution < -0.4 is 5.32 Å². The lowest BCUT2D eigenvalue weighted by molar-refractivity contribution is 0.547. The highest BCUT2D eigenvalue weighted by Gasteiger charge is 2.45. The number of nitrogens with one attached hydrogen (secondary N) is 1. The molecule has 2 nitrogen and oxygen atoms in total. The molecule has 1 aliphatic carbocycles. The lowest BCUT2D eigenvalue weighted by atomic mass is 10.1. The maximum absolute atomic E-state index is 4.48. The van der Waals surface area contributed by atoms with Crippen LogP contribution in [0.1, 0.15) is 39.5 Å². The van der Waals surface area contributed by atoms with Crippen molar-refractivity contribution in [3.63, 3.8) is 0 Å². The Morgan fingerprint density at radius 3 is 2.77 bits per heavy atom. The van der Waals surface area contributed by atoms with E-state index in [1.165, 1.54) is 31.5 Å². The SMILES string of the molecule is CC1(C)CC1CNC1=NCCCC1. The van der Waals surface area contributed by atoms with Crippen LogP contribution in [0.25, 0.3) is 0 Å². The number of rotatable bonds is 2. The van der Waals surface area contributed by atoms with Gasteiger partial charge < -0.3 is 5.32 Å². The molecule has 1 saturated carbocycles. The number of hydrogen-bond donors (Lipinski definition) is 1. The molecule has 1 heterocycles. The summed E-state index contributed by atoms with van der Waals surface area (Å²) < 4.78 is 0. The van der Waals surface area contributed by atoms with Gasteiger partial charge >= 0.3 is 0 Å². The minimum Gasteiger partial charge on any atom is -0.374 e. The topological polar surface area (TPSA) is 24.4 Å². The minimum atomic E-state index is 0.599. The second kappa shape index (κ2) is 3.32. The summed E-state index contributed by atoms with van der Waals surface area (Å²) in [4.78, 5) is 4.48. The fourth-order valence-corrected chi connectivity index (χ4v) is 2.01. The van der Waals surface area contributed by atoms with Crippen LogP contribution in [0.2, 0.25) is 0 Å². The predicted octanol–water partition coefficient (Wildman–Crippen LogP) is 2.20. The van der Waals surface area contributed by atoms with E-state index in [9.17, 15) is 0 Å². The van der Waals surface area contributed by atoms with E-state index in [4.69, 9.17) is 0 Å². The van der Waals surface area contributed by atoms with Crippen molar-refractivity contribution in [3.8, 4) is 0 Å². The fourth-order valence-electron chi connectivity index (χ4n) is 2.01. The van der Waals surface area contributed by atoms with Gasteiger partial charge in [-0.25, -0.2) is 0 Å². The first-order valence-corrected chi connectivity index (χ1v) is 5.46. The van der Waals surface area contributed by atoms with Gasteiger partial charge in [-0.2, -0.15) is 0 Å². The quantitative estimate of drug-likeness (QED) is 0.692. The van der Waals surface area contributed by atoms with Crippen LogP contribution in [-0.2, 0) is 0 Å². The number of amidine groups is 1. The van der Waals surface area contributed by atoms with Gasteiger partial charge in [-0.3, -0.25) is 4.99 Å². The van der Waals surface area contributed by atoms with Gasteiger partial charge in [0, 0.05) is 19.5 Å². The molecule has 0 bridgehead atoms. The summed E-state index contributed by atoms with van der Waals surface area (Å²) in [5, 5.41) is 3.49. The Morgan fingerprint density at radius 2 is 2.23 bits per heavy atom. The van der Waals surface area contributed by atoms with Gasteiger partial charge in [0.15, 0.2) is 0 Å². The monoisotopic (exact) mass is 180 g/mol. The van der Waals surface area contributed by atoms with Crippen molar-refractivity contribution in [1.82, 2.24) is 5.32 Å². The average molecular weight is 180 g/mol. The summed E-state index contributed by atoms with van der Waals surface area (Å²) >= 11 is 0. The first kappa shape index (κ1) is 9.04. The molecule has 2 aliphatic rings. The van der Waals surface area contributed by atoms with E-state index in [0.29, 0.717) is 5.41 Å². The van der Waals surface area contributed by atoms with Crippen LogP contribution in [0.5, 0.6) is 0 Å². The smallest absolute Gasteiger partial charge is 0.0963 e. The van der Waals surface area contributed by atoms with Crippen LogP contribution in [0.4, 0.5) is 0 Å². The molecule has 1 unspecified atom stereocenters. The molecule has 1 aliphatic heterocycles. The standard InChI is InChI=1S/C11H20N2/c1-11(2)7-9(11)8-13-10-5-3-4-6-12-10/h9H,3-8H2,1-2H3,(H,12,13). The largest absolute Gasteiger partial charge is 0.374 e. The summed E-state index contributed by atoms with van der Waals surface area (Å²) in [6.45, 7) is 6.88. The Hall–Kier alpha value is -0.530. The van der Waals surface area contributed by atoms with Crippen LogP contribution in [0, 0.1) is 11.3 Å². The fraction of sp³-hybridized carbons (Fsp3) is 0.909. The lowest BCUT2D eigenvalue weighted by Crippen LogP contribution is -2.28. The highest BCUT2D eigenvalue weighted by molar-refractivity contribution is 5.82. The Bertz CT molecular complexity index is 218. The van der Waals surface area contributed by atoms with E-state index in [0.717, 1.165) is 19.0 Å². The molecule has 0 aromatic heterocycles. The van der Waals surface area contributed by atoms with Gasteiger partial charge in [0.2, 0.25) is 0 Å². The molecule has 2 heteroatoms. The van der Waals surface area contributed by atoms with E-state index in [1.807, 2.05) is 0 Å². The highest BCUT2D eigenvalue weighted by Crippen LogP contribution is 2.50. The first-order chi connectivity index (χ1) is 6.18. The van der Waals surface area contributed by atoms with Crippen LogP contribution in [-0.4, -0.2) is 18.9 Å². The van der Waals surface area contributed by atoms with Gasteiger partial charge in [0.25, 0.3) is 0 Å². The first-order valence-electron chi connectivity index (χ1n) is 5.46. The van der Waals surface area contributed by atoms with Gasteiger partial charge in [-0.05, 0) is 30.6 Å². The predicted molar refractivity (Wildman–Crippen MR) is 56.0 cm³/mol. The maximum atomic E-state index is 4.48. The molecule has 0 amide bonds. The van der Waals surface area contributed by atoms with Crippen LogP contribution >= 0.6 is 0 Å². The third-order valence-corrected chi connectivity index (χ3v) is 3.39. The molecule has 0 radical (unpaired) electrons. The minimum absolute atomic E-state index is 0.599. The van der Waals surface area contributed by atoms with Crippen molar-refractivity contribution in [2.75, 3.05) is 13.1 Å². The van der Waals surface area contributed by atoms with Gasteiger partial charge in [-0.15, -0.1) is 0 Å². The van der Waals surface area contributed by atoms with Crippen molar-refractivity contribution in [2.45, 2.75) is 39.5 Å². The Balaban J connectivity index is 1.71. The van der Waals surface area contributed by atoms with Crippen molar-refractivity contribution in [1.29, 1.82) is 0 Å². The molecule has 0 aromatic rings. The lowest BCUT2D eigenvalue weighted by Gasteiger charge is -2.14. The molecule has 1 atom stereocenters. The van der Waals surface area contributed by atoms with Crippen molar-refractivity contribution in [3.05, 3.63) is 0 Å². The van der Waals surface area contributed by atoms with Gasteiger partial charge in [0.05, 0.1) is 5.84 Å². The third-order valence-electron chi connectivity index (χ3n) is 3.39.